The zero-order chi connectivity index (χ0) is 39.1. The third-order valence-corrected chi connectivity index (χ3v) is 11.8. The Kier molecular flexibility index (Phi) is 13.3. The topological polar surface area (TPSA) is 126 Å². The van der Waals surface area contributed by atoms with Gasteiger partial charge in [0.15, 0.2) is 23.2 Å². The second kappa shape index (κ2) is 18.1. The smallest absolute Gasteiger partial charge is 0.259 e. The molecule has 0 aliphatic carbocycles. The second-order valence-corrected chi connectivity index (χ2v) is 15.2. The van der Waals surface area contributed by atoms with Crippen LogP contribution in [0.3, 0.4) is 0 Å². The highest BCUT2D eigenvalue weighted by Crippen LogP contribution is 2.51. The zero-order valence-corrected chi connectivity index (χ0v) is 33.2. The zero-order valence-electron chi connectivity index (χ0n) is 31.6. The fourth-order valence-electron chi connectivity index (χ4n) is 6.87. The number of methoxy groups -OCH3 is 2. The summed E-state index contributed by atoms with van der Waals surface area (Å²) >= 11 is 6.34. The average molecular weight is 791 g/mol. The van der Waals surface area contributed by atoms with E-state index in [1.54, 1.807) is 14.2 Å². The molecule has 0 N–H and O–H groups in total. The number of halogens is 2. The van der Waals surface area contributed by atoms with E-state index >= 15 is 4.39 Å². The Morgan fingerprint density at radius 2 is 1.51 bits per heavy atom. The number of benzene rings is 3. The van der Waals surface area contributed by atoms with E-state index in [2.05, 4.69) is 21.0 Å². The number of fused-ring (bicyclic) bond motifs is 1. The third-order valence-electron chi connectivity index (χ3n) is 9.37. The molecule has 2 aromatic heterocycles. The van der Waals surface area contributed by atoms with Crippen LogP contribution in [0.25, 0.3) is 11.2 Å². The van der Waals surface area contributed by atoms with Crippen molar-refractivity contribution in [1.82, 2.24) is 24.2 Å². The predicted octanol–water partition coefficient (Wildman–Crippen LogP) is 8.40. The van der Waals surface area contributed by atoms with Crippen LogP contribution in [0.5, 0.6) is 11.5 Å². The highest BCUT2D eigenvalue weighted by atomic mass is 35.5. The van der Waals surface area contributed by atoms with Crippen LogP contribution in [0.2, 0.25) is 5.15 Å². The van der Waals surface area contributed by atoms with Crippen LogP contribution in [0.1, 0.15) is 57.0 Å². The van der Waals surface area contributed by atoms with Crippen LogP contribution in [0, 0.1) is 11.3 Å². The molecule has 3 aromatic carbocycles. The summed E-state index contributed by atoms with van der Waals surface area (Å²) in [6.45, 7) is 8.07. The number of hydrogen-bond acceptors (Lipinski definition) is 11. The van der Waals surface area contributed by atoms with Gasteiger partial charge in [-0.15, -0.1) is 0 Å². The summed E-state index contributed by atoms with van der Waals surface area (Å²) in [6.07, 6.45) is -2.24. The lowest BCUT2D eigenvalue weighted by molar-refractivity contribution is -0.0919. The molecule has 1 aliphatic rings. The first-order valence-corrected chi connectivity index (χ1v) is 19.5. The van der Waals surface area contributed by atoms with Gasteiger partial charge in [-0.3, -0.25) is 4.57 Å². The van der Waals surface area contributed by atoms with Gasteiger partial charge >= 0.3 is 0 Å². The molecule has 0 spiro atoms. The quantitative estimate of drug-likeness (QED) is 0.0390. The van der Waals surface area contributed by atoms with E-state index < -0.39 is 38.7 Å². The van der Waals surface area contributed by atoms with Crippen molar-refractivity contribution in [3.05, 3.63) is 113 Å². The highest BCUT2D eigenvalue weighted by Gasteiger charge is 2.51. The van der Waals surface area contributed by atoms with Crippen LogP contribution < -0.4 is 9.47 Å². The maximum Gasteiger partial charge on any atom is 0.259 e. The van der Waals surface area contributed by atoms with Crippen molar-refractivity contribution in [2.24, 2.45) is 0 Å². The van der Waals surface area contributed by atoms with Crippen LogP contribution >= 0.6 is 20.1 Å². The number of alkyl halides is 1. The van der Waals surface area contributed by atoms with Crippen molar-refractivity contribution in [3.8, 4) is 17.6 Å². The molecule has 0 saturated carbocycles. The van der Waals surface area contributed by atoms with Gasteiger partial charge in [-0.05, 0) is 68.7 Å². The van der Waals surface area contributed by atoms with E-state index in [9.17, 15) is 5.26 Å². The van der Waals surface area contributed by atoms with E-state index in [0.717, 1.165) is 16.7 Å². The van der Waals surface area contributed by atoms with Crippen molar-refractivity contribution in [1.29, 1.82) is 5.26 Å². The van der Waals surface area contributed by atoms with Gasteiger partial charge in [-0.25, -0.2) is 24.0 Å². The summed E-state index contributed by atoms with van der Waals surface area (Å²) < 4.78 is 58.6. The first-order valence-electron chi connectivity index (χ1n) is 18.0. The van der Waals surface area contributed by atoms with E-state index in [4.69, 9.17) is 39.6 Å². The van der Waals surface area contributed by atoms with Crippen molar-refractivity contribution >= 4 is 31.3 Å². The molecule has 12 nitrogen and oxygen atoms in total. The number of nitrogens with zero attached hydrogens (tertiary/aromatic N) is 6. The molecule has 55 heavy (non-hydrogen) atoms. The number of aromatic nitrogens is 4. The predicted molar refractivity (Wildman–Crippen MR) is 207 cm³/mol. The average Bonchev–Trinajstić information content (AvgIpc) is 3.76. The highest BCUT2D eigenvalue weighted by molar-refractivity contribution is 7.44. The van der Waals surface area contributed by atoms with Gasteiger partial charge < -0.3 is 28.0 Å². The largest absolute Gasteiger partial charge is 0.497 e. The Hall–Kier alpha value is -4.25. The normalized spacial score (nSPS) is 19.3. The Morgan fingerprint density at radius 1 is 0.909 bits per heavy atom. The monoisotopic (exact) mass is 790 g/mol. The van der Waals surface area contributed by atoms with Crippen LogP contribution in [0.4, 0.5) is 4.39 Å². The lowest BCUT2D eigenvalue weighted by atomic mass is 9.80. The SMILES string of the molecule is COc1ccc(C(OC[C@H]2O[C@@H](n3cnc4c(Cl)ncnc43)C(F)C2OP(OCCC#N)N(C(C)C)C(C)C)(c2ccccc2)c2ccc(OC)cc2)cc1. The van der Waals surface area contributed by atoms with Crippen molar-refractivity contribution in [2.75, 3.05) is 27.4 Å². The molecule has 0 bridgehead atoms. The minimum absolute atomic E-state index is 0.0219. The number of rotatable bonds is 17. The van der Waals surface area contributed by atoms with E-state index in [1.807, 2.05) is 111 Å². The van der Waals surface area contributed by atoms with Gasteiger partial charge in [0, 0.05) is 12.1 Å². The second-order valence-electron chi connectivity index (χ2n) is 13.4. The lowest BCUT2D eigenvalue weighted by Crippen LogP contribution is -2.41. The molecule has 1 saturated heterocycles. The summed E-state index contributed by atoms with van der Waals surface area (Å²) in [4.78, 5) is 12.8. The third kappa shape index (κ3) is 8.47. The Balaban J connectivity index is 1.46. The van der Waals surface area contributed by atoms with Gasteiger partial charge in [0.05, 0.1) is 46.3 Å². The van der Waals surface area contributed by atoms with Gasteiger partial charge in [0.1, 0.15) is 41.2 Å². The van der Waals surface area contributed by atoms with Crippen molar-refractivity contribution in [3.63, 3.8) is 0 Å². The summed E-state index contributed by atoms with van der Waals surface area (Å²) in [5.41, 5.74) is 1.83. The van der Waals surface area contributed by atoms with Gasteiger partial charge in [-0.1, -0.05) is 66.2 Å². The van der Waals surface area contributed by atoms with Gasteiger partial charge in [0.25, 0.3) is 8.53 Å². The summed E-state index contributed by atoms with van der Waals surface area (Å²) in [5.74, 6) is 1.36. The van der Waals surface area contributed by atoms with Crippen LogP contribution in [-0.2, 0) is 24.1 Å². The molecule has 5 aromatic rings. The van der Waals surface area contributed by atoms with Crippen molar-refractivity contribution in [2.45, 2.75) is 76.4 Å². The first-order chi connectivity index (χ1) is 26.6. The molecule has 1 fully saturated rings. The summed E-state index contributed by atoms with van der Waals surface area (Å²) in [6, 6.07) is 27.2. The molecule has 15 heteroatoms. The maximum atomic E-state index is 17.3. The van der Waals surface area contributed by atoms with Gasteiger partial charge in [-0.2, -0.15) is 5.26 Å². The Morgan fingerprint density at radius 3 is 2.07 bits per heavy atom. The molecule has 0 amide bonds. The van der Waals surface area contributed by atoms with E-state index in [0.29, 0.717) is 22.7 Å². The number of imidazole rings is 1. The number of ether oxygens (including phenoxy) is 4. The van der Waals surface area contributed by atoms with Crippen LogP contribution in [0.15, 0.2) is 91.5 Å². The lowest BCUT2D eigenvalue weighted by Gasteiger charge is -2.39. The molecule has 0 radical (unpaired) electrons. The molecule has 3 heterocycles. The molecular formula is C40H45ClFN6O6P. The minimum Gasteiger partial charge on any atom is -0.497 e. The van der Waals surface area contributed by atoms with E-state index in [1.165, 1.54) is 17.2 Å². The minimum atomic E-state index is -1.87. The molecule has 290 valence electrons. The number of nitriles is 1. The number of hydrogen-bond donors (Lipinski definition) is 0. The summed E-state index contributed by atoms with van der Waals surface area (Å²) in [5, 5.41) is 9.46. The summed E-state index contributed by atoms with van der Waals surface area (Å²) in [7, 11) is 1.36. The molecular weight excluding hydrogens is 746 g/mol. The molecule has 3 unspecified atom stereocenters. The van der Waals surface area contributed by atoms with Crippen molar-refractivity contribution < 1.29 is 32.4 Å². The fraction of sp³-hybridized carbons (Fsp3) is 0.400. The molecule has 1 aliphatic heterocycles. The maximum absolute atomic E-state index is 17.3. The Labute approximate surface area is 327 Å². The van der Waals surface area contributed by atoms with Crippen LogP contribution in [-0.4, -0.2) is 82.1 Å². The Bertz CT molecular complexity index is 1980. The van der Waals surface area contributed by atoms with E-state index in [-0.39, 0.29) is 36.9 Å². The first kappa shape index (κ1) is 40.4. The molecule has 6 rings (SSSR count). The standard InChI is InChI=1S/C40H45ClFN6O6P/c1-26(2)48(27(3)4)55(52-22-10-21-43)54-36-33(53-39(34(36)42)47-25-46-35-37(41)44-24-45-38(35)47)23-51-40(28-11-8-7-9-12-28,29-13-17-31(49-5)18-14-29)30-15-19-32(50-6)20-16-30/h7-9,11-20,24-27,33-34,36,39H,10,22-23H2,1-6H3/t33-,34?,36?,39-,55?/m1/s1. The van der Waals surface area contributed by atoms with Gasteiger partial charge in [0.2, 0.25) is 0 Å². The molecule has 5 atom stereocenters. The fourth-order valence-corrected chi connectivity index (χ4v) is 8.81.